The number of carbonyl (C=O) groups is 5. The molecule has 1 rings (SSSR count). The van der Waals surface area contributed by atoms with E-state index in [4.69, 9.17) is 21.7 Å². The Morgan fingerprint density at radius 3 is 2.32 bits per heavy atom. The van der Waals surface area contributed by atoms with Crippen molar-refractivity contribution in [1.29, 1.82) is 0 Å². The second kappa shape index (κ2) is 10.8. The summed E-state index contributed by atoms with van der Waals surface area (Å²) in [7, 11) is 0. The Morgan fingerprint density at radius 2 is 1.82 bits per heavy atom. The Kier molecular flexibility index (Phi) is 9.15. The van der Waals surface area contributed by atoms with Gasteiger partial charge in [0, 0.05) is 12.3 Å². The number of carboxylic acid groups (broad SMARTS) is 1. The van der Waals surface area contributed by atoms with Crippen molar-refractivity contribution >= 4 is 42.2 Å². The molecule has 0 aromatic rings. The number of thiol groups is 1. The number of nitrogens with two attached hydrogens (primary N) is 2. The number of carbonyl (C=O) groups excluding carboxylic acids is 4. The van der Waals surface area contributed by atoms with Crippen LogP contribution in [0, 0.1) is 0 Å². The van der Waals surface area contributed by atoms with Crippen molar-refractivity contribution in [2.45, 2.75) is 43.4 Å². The second-order valence-corrected chi connectivity index (χ2v) is 6.66. The lowest BCUT2D eigenvalue weighted by Crippen LogP contribution is -2.58. The highest BCUT2D eigenvalue weighted by Gasteiger charge is 2.39. The summed E-state index contributed by atoms with van der Waals surface area (Å²) < 4.78 is 0. The first-order valence-corrected chi connectivity index (χ1v) is 9.15. The lowest BCUT2D eigenvalue weighted by molar-refractivity contribution is -0.145. The molecule has 1 aliphatic heterocycles. The molecule has 12 nitrogen and oxygen atoms in total. The lowest BCUT2D eigenvalue weighted by Gasteiger charge is -2.29. The van der Waals surface area contributed by atoms with Crippen LogP contribution in [0.1, 0.15) is 19.3 Å². The van der Waals surface area contributed by atoms with Gasteiger partial charge in [0.05, 0.1) is 13.0 Å². The molecule has 4 unspecified atom stereocenters. The summed E-state index contributed by atoms with van der Waals surface area (Å²) >= 11 is 3.86. The van der Waals surface area contributed by atoms with E-state index in [0.29, 0.717) is 6.42 Å². The number of nitrogens with one attached hydrogen (secondary N) is 2. The zero-order valence-electron chi connectivity index (χ0n) is 15.0. The van der Waals surface area contributed by atoms with Gasteiger partial charge in [0.15, 0.2) is 0 Å². The Bertz CT molecular complexity index is 632. The number of amides is 4. The van der Waals surface area contributed by atoms with Gasteiger partial charge in [-0.2, -0.15) is 12.6 Å². The van der Waals surface area contributed by atoms with Crippen LogP contribution in [0.5, 0.6) is 0 Å². The molecule has 0 radical (unpaired) electrons. The summed E-state index contributed by atoms with van der Waals surface area (Å²) in [6, 6.07) is -4.85. The van der Waals surface area contributed by atoms with Crippen LogP contribution < -0.4 is 22.1 Å². The molecule has 28 heavy (non-hydrogen) atoms. The van der Waals surface area contributed by atoms with Gasteiger partial charge in [0.25, 0.3) is 0 Å². The molecule has 1 saturated heterocycles. The van der Waals surface area contributed by atoms with Gasteiger partial charge in [-0.1, -0.05) is 0 Å². The van der Waals surface area contributed by atoms with Gasteiger partial charge in [0.1, 0.15) is 24.2 Å². The molecule has 0 bridgehead atoms. The van der Waals surface area contributed by atoms with E-state index in [1.54, 1.807) is 0 Å². The average molecular weight is 419 g/mol. The van der Waals surface area contributed by atoms with Crippen LogP contribution in [0.15, 0.2) is 0 Å². The number of aliphatic hydroxyl groups excluding tert-OH is 1. The van der Waals surface area contributed by atoms with E-state index < -0.39 is 66.8 Å². The number of hydrogen-bond donors (Lipinski definition) is 7. The zero-order valence-corrected chi connectivity index (χ0v) is 15.9. The maximum absolute atomic E-state index is 12.8. The molecule has 158 valence electrons. The number of rotatable bonds is 10. The van der Waals surface area contributed by atoms with E-state index in [-0.39, 0.29) is 18.7 Å². The number of carboxylic acids is 1. The third kappa shape index (κ3) is 6.35. The molecule has 0 spiro atoms. The highest BCUT2D eigenvalue weighted by Crippen LogP contribution is 2.19. The molecule has 8 N–H and O–H groups in total. The predicted octanol–water partition coefficient (Wildman–Crippen LogP) is -3.84. The Hall–Kier alpha value is -2.38. The van der Waals surface area contributed by atoms with E-state index in [9.17, 15) is 24.0 Å². The fraction of sp³-hybridized carbons (Fsp3) is 0.667. The normalized spacial score (nSPS) is 19.4. The largest absolute Gasteiger partial charge is 0.480 e. The summed E-state index contributed by atoms with van der Waals surface area (Å²) in [5, 5.41) is 22.5. The zero-order chi connectivity index (χ0) is 21.4. The molecule has 4 amide bonds. The average Bonchev–Trinajstić information content (AvgIpc) is 3.13. The molecular formula is C15H25N5O7S. The van der Waals surface area contributed by atoms with Crippen LogP contribution in [0.3, 0.4) is 0 Å². The van der Waals surface area contributed by atoms with Crippen LogP contribution in [-0.4, -0.2) is 87.8 Å². The van der Waals surface area contributed by atoms with Gasteiger partial charge in [-0.05, 0) is 12.8 Å². The van der Waals surface area contributed by atoms with Crippen molar-refractivity contribution in [3.63, 3.8) is 0 Å². The molecule has 0 saturated carbocycles. The van der Waals surface area contributed by atoms with Crippen LogP contribution in [0.2, 0.25) is 0 Å². The van der Waals surface area contributed by atoms with Crippen molar-refractivity contribution in [2.75, 3.05) is 18.9 Å². The van der Waals surface area contributed by atoms with E-state index in [0.717, 1.165) is 4.90 Å². The van der Waals surface area contributed by atoms with Gasteiger partial charge >= 0.3 is 5.97 Å². The number of hydrogen-bond acceptors (Lipinski definition) is 8. The Labute approximate surface area is 166 Å². The Morgan fingerprint density at radius 1 is 1.18 bits per heavy atom. The van der Waals surface area contributed by atoms with Crippen molar-refractivity contribution in [3.8, 4) is 0 Å². The first kappa shape index (κ1) is 23.7. The summed E-state index contributed by atoms with van der Waals surface area (Å²) in [6.45, 7) is -0.495. The summed E-state index contributed by atoms with van der Waals surface area (Å²) in [6.07, 6.45) is 0.224. The smallest absolute Gasteiger partial charge is 0.327 e. The summed E-state index contributed by atoms with van der Waals surface area (Å²) in [5.41, 5.74) is 10.5. The molecule has 0 aliphatic carbocycles. The van der Waals surface area contributed by atoms with Crippen molar-refractivity contribution < 1.29 is 34.2 Å². The second-order valence-electron chi connectivity index (χ2n) is 6.29. The van der Waals surface area contributed by atoms with Crippen LogP contribution in [0.4, 0.5) is 0 Å². The van der Waals surface area contributed by atoms with Crippen molar-refractivity contribution in [3.05, 3.63) is 0 Å². The van der Waals surface area contributed by atoms with Gasteiger partial charge in [0.2, 0.25) is 23.6 Å². The van der Waals surface area contributed by atoms with Crippen LogP contribution in [-0.2, 0) is 24.0 Å². The van der Waals surface area contributed by atoms with Gasteiger partial charge in [-0.3, -0.25) is 19.2 Å². The molecule has 1 aliphatic rings. The van der Waals surface area contributed by atoms with Gasteiger partial charge < -0.3 is 37.2 Å². The van der Waals surface area contributed by atoms with Gasteiger partial charge in [-0.25, -0.2) is 4.79 Å². The fourth-order valence-corrected chi connectivity index (χ4v) is 2.97. The molecular weight excluding hydrogens is 394 g/mol. The Balaban J connectivity index is 2.93. The number of likely N-dealkylation sites (tertiary alicyclic amines) is 1. The van der Waals surface area contributed by atoms with Crippen LogP contribution in [0.25, 0.3) is 0 Å². The highest BCUT2D eigenvalue weighted by molar-refractivity contribution is 7.80. The quantitative estimate of drug-likeness (QED) is 0.174. The maximum atomic E-state index is 12.8. The molecule has 0 aromatic heterocycles. The van der Waals surface area contributed by atoms with E-state index in [2.05, 4.69) is 23.3 Å². The minimum absolute atomic E-state index is 0.138. The number of aliphatic hydroxyl groups is 1. The maximum Gasteiger partial charge on any atom is 0.327 e. The van der Waals surface area contributed by atoms with E-state index >= 15 is 0 Å². The van der Waals surface area contributed by atoms with E-state index in [1.165, 1.54) is 0 Å². The first-order chi connectivity index (χ1) is 13.1. The van der Waals surface area contributed by atoms with Crippen molar-refractivity contribution in [2.24, 2.45) is 11.5 Å². The number of nitrogens with zero attached hydrogens (tertiary/aromatic N) is 1. The number of aliphatic carboxylic acids is 1. The SMILES string of the molecule is NC(=O)CC(NC(=O)C(N)CO)C(=O)N1CCCC1C(=O)NC(CS)C(=O)O. The summed E-state index contributed by atoms with van der Waals surface area (Å²) in [4.78, 5) is 60.6. The van der Waals surface area contributed by atoms with E-state index in [1.807, 2.05) is 0 Å². The highest BCUT2D eigenvalue weighted by atomic mass is 32.1. The molecule has 4 atom stereocenters. The molecule has 1 fully saturated rings. The molecule has 0 aromatic carbocycles. The third-order valence-corrected chi connectivity index (χ3v) is 4.55. The van der Waals surface area contributed by atoms with Gasteiger partial charge in [-0.15, -0.1) is 0 Å². The van der Waals surface area contributed by atoms with Crippen LogP contribution >= 0.6 is 12.6 Å². The molecule has 1 heterocycles. The number of primary amides is 1. The fourth-order valence-electron chi connectivity index (χ4n) is 2.72. The predicted molar refractivity (Wildman–Crippen MR) is 99.0 cm³/mol. The molecule has 13 heteroatoms. The topological polar surface area (TPSA) is 205 Å². The minimum atomic E-state index is -1.36. The lowest BCUT2D eigenvalue weighted by atomic mass is 10.1. The summed E-state index contributed by atoms with van der Waals surface area (Å²) in [5.74, 6) is -4.53. The third-order valence-electron chi connectivity index (χ3n) is 4.19. The van der Waals surface area contributed by atoms with Crippen molar-refractivity contribution in [1.82, 2.24) is 15.5 Å². The monoisotopic (exact) mass is 419 g/mol. The standard InChI is InChI=1S/C15H25N5O7S/c16-7(5-21)12(23)18-8(4-11(17)22)14(25)20-3-1-2-10(20)13(24)19-9(6-28)15(26)27/h7-10,21,28H,1-6,16H2,(H2,17,22)(H,18,23)(H,19,24)(H,26,27). The first-order valence-electron chi connectivity index (χ1n) is 8.52. The minimum Gasteiger partial charge on any atom is -0.480 e.